The monoisotopic (exact) mass is 440 g/mol. The lowest BCUT2D eigenvalue weighted by molar-refractivity contribution is -0.119. The number of aryl methyl sites for hydroxylation is 2. The number of amides is 1. The number of rotatable bonds is 8. The highest BCUT2D eigenvalue weighted by molar-refractivity contribution is 7.92. The Balaban J connectivity index is 1.80. The molecule has 1 N–H and O–H groups in total. The van der Waals surface area contributed by atoms with Crippen LogP contribution >= 0.6 is 0 Å². The maximum atomic E-state index is 13.4. The zero-order valence-electron chi connectivity index (χ0n) is 17.5. The predicted molar refractivity (Wildman–Crippen MR) is 120 cm³/mol. The van der Waals surface area contributed by atoms with E-state index in [2.05, 4.69) is 5.32 Å². The van der Waals surface area contributed by atoms with Gasteiger partial charge in [-0.15, -0.1) is 0 Å². The van der Waals surface area contributed by atoms with E-state index >= 15 is 0 Å². The Morgan fingerprint density at radius 2 is 1.65 bits per heavy atom. The van der Waals surface area contributed by atoms with Crippen LogP contribution in [-0.4, -0.2) is 27.4 Å². The van der Waals surface area contributed by atoms with Gasteiger partial charge in [0.2, 0.25) is 5.91 Å². The fourth-order valence-electron chi connectivity index (χ4n) is 3.19. The fourth-order valence-corrected chi connectivity index (χ4v) is 4.69. The molecule has 0 aliphatic carbocycles. The van der Waals surface area contributed by atoms with E-state index < -0.39 is 15.9 Å². The van der Waals surface area contributed by atoms with Gasteiger partial charge in [0.1, 0.15) is 12.4 Å². The van der Waals surface area contributed by atoms with Crippen molar-refractivity contribution in [1.82, 2.24) is 5.32 Å². The molecule has 3 rings (SSSR count). The van der Waals surface area contributed by atoms with E-state index in [1.54, 1.807) is 36.4 Å². The Labute approximate surface area is 182 Å². The minimum absolute atomic E-state index is 0.120. The first kappa shape index (κ1) is 22.5. The van der Waals surface area contributed by atoms with E-state index in [4.69, 9.17) is 0 Å². The molecule has 0 bridgehead atoms. The van der Waals surface area contributed by atoms with Crippen LogP contribution < -0.4 is 9.62 Å². The molecule has 0 radical (unpaired) electrons. The van der Waals surface area contributed by atoms with E-state index in [0.29, 0.717) is 18.7 Å². The number of halogens is 1. The van der Waals surface area contributed by atoms with Gasteiger partial charge in [0.15, 0.2) is 0 Å². The molecule has 7 heteroatoms. The summed E-state index contributed by atoms with van der Waals surface area (Å²) in [5.41, 5.74) is 3.00. The summed E-state index contributed by atoms with van der Waals surface area (Å²) in [5, 5.41) is 2.76. The van der Waals surface area contributed by atoms with Gasteiger partial charge in [-0.05, 0) is 67.3 Å². The maximum Gasteiger partial charge on any atom is 0.264 e. The summed E-state index contributed by atoms with van der Waals surface area (Å²) in [6.07, 6.45) is 0.515. The molecule has 0 aromatic heterocycles. The molecule has 1 amide bonds. The molecular weight excluding hydrogens is 415 g/mol. The van der Waals surface area contributed by atoms with Crippen molar-refractivity contribution >= 4 is 21.6 Å². The van der Waals surface area contributed by atoms with Gasteiger partial charge in [0.25, 0.3) is 10.0 Å². The Bertz CT molecular complexity index is 1150. The molecule has 0 spiro atoms. The molecule has 3 aromatic rings. The maximum absolute atomic E-state index is 13.4. The Hall–Kier alpha value is -3.19. The van der Waals surface area contributed by atoms with Crippen molar-refractivity contribution in [3.05, 3.63) is 95.3 Å². The lowest BCUT2D eigenvalue weighted by Gasteiger charge is -2.26. The van der Waals surface area contributed by atoms with Crippen LogP contribution in [0.1, 0.15) is 16.7 Å². The third-order valence-corrected chi connectivity index (χ3v) is 6.67. The molecule has 0 unspecified atom stereocenters. The predicted octanol–water partition coefficient (Wildman–Crippen LogP) is 4.00. The number of sulfonamides is 1. The molecule has 0 atom stereocenters. The van der Waals surface area contributed by atoms with Gasteiger partial charge in [-0.2, -0.15) is 0 Å². The lowest BCUT2D eigenvalue weighted by atomic mass is 10.1. The van der Waals surface area contributed by atoms with Crippen LogP contribution in [0.2, 0.25) is 0 Å². The second-order valence-electron chi connectivity index (χ2n) is 7.34. The highest BCUT2D eigenvalue weighted by atomic mass is 32.2. The van der Waals surface area contributed by atoms with Crippen molar-refractivity contribution in [3.8, 4) is 0 Å². The zero-order chi connectivity index (χ0) is 22.4. The third-order valence-electron chi connectivity index (χ3n) is 4.90. The minimum atomic E-state index is -3.94. The Morgan fingerprint density at radius 3 is 2.32 bits per heavy atom. The van der Waals surface area contributed by atoms with Gasteiger partial charge in [-0.3, -0.25) is 9.10 Å². The van der Waals surface area contributed by atoms with E-state index in [9.17, 15) is 17.6 Å². The van der Waals surface area contributed by atoms with Gasteiger partial charge in [-0.1, -0.05) is 42.5 Å². The van der Waals surface area contributed by atoms with Crippen LogP contribution in [0.4, 0.5) is 10.1 Å². The summed E-state index contributed by atoms with van der Waals surface area (Å²) in [5.74, 6) is -0.731. The number of anilines is 1. The number of nitrogens with one attached hydrogen (secondary N) is 1. The number of nitrogens with zero attached hydrogens (tertiary/aromatic N) is 1. The molecule has 31 heavy (non-hydrogen) atoms. The molecule has 3 aromatic carbocycles. The quantitative estimate of drug-likeness (QED) is 0.576. The van der Waals surface area contributed by atoms with Crippen LogP contribution in [0.5, 0.6) is 0 Å². The van der Waals surface area contributed by atoms with Crippen LogP contribution in [0.15, 0.2) is 77.7 Å². The highest BCUT2D eigenvalue weighted by Gasteiger charge is 2.28. The van der Waals surface area contributed by atoms with Crippen molar-refractivity contribution < 1.29 is 17.6 Å². The average molecular weight is 441 g/mol. The van der Waals surface area contributed by atoms with Crippen molar-refractivity contribution in [2.75, 3.05) is 17.4 Å². The van der Waals surface area contributed by atoms with Gasteiger partial charge in [0.05, 0.1) is 10.6 Å². The summed E-state index contributed by atoms with van der Waals surface area (Å²) in [4.78, 5) is 12.8. The first-order valence-electron chi connectivity index (χ1n) is 9.93. The smallest absolute Gasteiger partial charge is 0.264 e. The van der Waals surface area contributed by atoms with Crippen LogP contribution in [-0.2, 0) is 21.2 Å². The summed E-state index contributed by atoms with van der Waals surface area (Å²) in [6.45, 7) is 3.66. The first-order valence-corrected chi connectivity index (χ1v) is 11.4. The number of carbonyl (C=O) groups excluding carboxylic acids is 1. The number of hydrogen-bond donors (Lipinski definition) is 1. The lowest BCUT2D eigenvalue weighted by Crippen LogP contribution is -2.41. The summed E-state index contributed by atoms with van der Waals surface area (Å²) in [6, 6.07) is 19.6. The van der Waals surface area contributed by atoms with Crippen LogP contribution in [0.3, 0.4) is 0 Å². The van der Waals surface area contributed by atoms with Gasteiger partial charge in [-0.25, -0.2) is 12.8 Å². The van der Waals surface area contributed by atoms with Crippen molar-refractivity contribution in [1.29, 1.82) is 0 Å². The van der Waals surface area contributed by atoms with Crippen molar-refractivity contribution in [3.63, 3.8) is 0 Å². The molecular formula is C24H25FN2O3S. The van der Waals surface area contributed by atoms with Gasteiger partial charge < -0.3 is 5.32 Å². The standard InChI is InChI=1S/C24H25FN2O3S/c1-18-8-9-19(2)23(16-18)27(31(29,30)22-6-4-3-5-7-22)17-24(28)26-15-14-20-10-12-21(25)13-11-20/h3-13,16H,14-15,17H2,1-2H3,(H,26,28). The van der Waals surface area contributed by atoms with E-state index in [1.807, 2.05) is 26.0 Å². The van der Waals surface area contributed by atoms with Crippen molar-refractivity contribution in [2.45, 2.75) is 25.2 Å². The number of carbonyl (C=O) groups is 1. The molecule has 162 valence electrons. The first-order chi connectivity index (χ1) is 14.8. The Morgan fingerprint density at radius 1 is 0.968 bits per heavy atom. The SMILES string of the molecule is Cc1ccc(C)c(N(CC(=O)NCCc2ccc(F)cc2)S(=O)(=O)c2ccccc2)c1. The van der Waals surface area contributed by atoms with E-state index in [-0.39, 0.29) is 17.3 Å². The normalized spacial score (nSPS) is 11.2. The molecule has 0 heterocycles. The van der Waals surface area contributed by atoms with Crippen molar-refractivity contribution in [2.24, 2.45) is 0 Å². The molecule has 0 aliphatic rings. The third kappa shape index (κ3) is 5.70. The topological polar surface area (TPSA) is 66.5 Å². The fraction of sp³-hybridized carbons (Fsp3) is 0.208. The Kier molecular flexibility index (Phi) is 7.07. The summed E-state index contributed by atoms with van der Waals surface area (Å²) < 4.78 is 40.9. The largest absolute Gasteiger partial charge is 0.354 e. The second kappa shape index (κ2) is 9.75. The minimum Gasteiger partial charge on any atom is -0.354 e. The highest BCUT2D eigenvalue weighted by Crippen LogP contribution is 2.27. The van der Waals surface area contributed by atoms with Crippen LogP contribution in [0, 0.1) is 19.7 Å². The summed E-state index contributed by atoms with van der Waals surface area (Å²) >= 11 is 0. The molecule has 0 aliphatic heterocycles. The zero-order valence-corrected chi connectivity index (χ0v) is 18.3. The molecule has 0 saturated carbocycles. The van der Waals surface area contributed by atoms with E-state index in [0.717, 1.165) is 21.0 Å². The molecule has 0 fully saturated rings. The molecule has 0 saturated heterocycles. The molecule has 5 nitrogen and oxygen atoms in total. The van der Waals surface area contributed by atoms with Gasteiger partial charge in [0, 0.05) is 6.54 Å². The number of hydrogen-bond acceptors (Lipinski definition) is 3. The van der Waals surface area contributed by atoms with E-state index in [1.165, 1.54) is 24.3 Å². The summed E-state index contributed by atoms with van der Waals surface area (Å²) in [7, 11) is -3.94. The average Bonchev–Trinajstić information content (AvgIpc) is 2.76. The van der Waals surface area contributed by atoms with Crippen LogP contribution in [0.25, 0.3) is 0 Å². The second-order valence-corrected chi connectivity index (χ2v) is 9.20. The number of benzene rings is 3. The van der Waals surface area contributed by atoms with Gasteiger partial charge >= 0.3 is 0 Å².